The van der Waals surface area contributed by atoms with Gasteiger partial charge in [0.25, 0.3) is 11.8 Å². The molecule has 1 aromatic carbocycles. The smallest absolute Gasteiger partial charge is 0.350 e. The maximum absolute atomic E-state index is 14.4. The fraction of sp³-hybridized carbons (Fsp3) is 0.464. The molecule has 0 unspecified atom stereocenters. The molecule has 2 N–H and O–H groups in total. The van der Waals surface area contributed by atoms with Crippen LogP contribution in [0, 0.1) is 58.0 Å². The molecule has 9 rings (SSSR count). The first-order chi connectivity index (χ1) is 19.5. The number of carbonyl (C=O) groups is 3. The number of aromatic nitrogens is 3. The Bertz CT molecular complexity index is 1680. The average molecular weight is 572 g/mol. The van der Waals surface area contributed by atoms with E-state index in [9.17, 15) is 36.3 Å². The first-order valence-corrected chi connectivity index (χ1v) is 13.5. The molecule has 0 radical (unpaired) electrons. The number of rotatable bonds is 8. The minimum absolute atomic E-state index is 0.0162. The summed E-state index contributed by atoms with van der Waals surface area (Å²) in [4.78, 5) is 42.7. The van der Waals surface area contributed by atoms with Crippen LogP contribution in [0.3, 0.4) is 0 Å². The van der Waals surface area contributed by atoms with Crippen molar-refractivity contribution in [3.8, 4) is 0 Å². The SMILES string of the molecule is CCC(=O)C12C3C4C1C1C2C3C41CNC(=O)c1cc(C(=O)NCc2ccc(F)c(C(F)(F)F)c2)nc2c(F)cnn12. The molecule has 0 bridgehead atoms. The Labute approximate surface area is 228 Å². The lowest BCUT2D eigenvalue weighted by Gasteiger charge is -3.11. The van der Waals surface area contributed by atoms with Crippen LogP contribution < -0.4 is 10.6 Å². The molecule has 8 nitrogen and oxygen atoms in total. The fourth-order valence-corrected chi connectivity index (χ4v) is 9.68. The summed E-state index contributed by atoms with van der Waals surface area (Å²) in [5.74, 6) is -0.640. The first-order valence-electron chi connectivity index (χ1n) is 13.5. The number of hydrogen-bond acceptors (Lipinski definition) is 5. The summed E-state index contributed by atoms with van der Waals surface area (Å²) in [5, 5.41) is 9.19. The molecule has 2 heterocycles. The van der Waals surface area contributed by atoms with Crippen LogP contribution >= 0.6 is 0 Å². The quantitative estimate of drug-likeness (QED) is 0.404. The van der Waals surface area contributed by atoms with Crippen molar-refractivity contribution in [2.45, 2.75) is 26.1 Å². The molecule has 0 aliphatic heterocycles. The largest absolute Gasteiger partial charge is 0.419 e. The van der Waals surface area contributed by atoms with Crippen LogP contribution in [0.15, 0.2) is 30.5 Å². The molecule has 0 atom stereocenters. The number of ketones is 1. The topological polar surface area (TPSA) is 105 Å². The van der Waals surface area contributed by atoms with Crippen LogP contribution in [-0.4, -0.2) is 38.7 Å². The zero-order chi connectivity index (χ0) is 28.8. The standard InChI is InChI=1S/C28H22F5N5O3/c1-2-16(39)27-20-17-21(27)19-22(27)18(20)26(17,19)9-35-25(41)15-6-14(37-23-13(30)8-36-38(15)23)24(40)34-7-10-3-4-12(29)11(5-10)28(31,32)33/h3-6,8,17-22H,2,7,9H2,1H3,(H,34,40)(H,35,41). The Balaban J connectivity index is 0.987. The van der Waals surface area contributed by atoms with E-state index in [1.54, 1.807) is 0 Å². The summed E-state index contributed by atoms with van der Waals surface area (Å²) in [6, 6.07) is 3.49. The summed E-state index contributed by atoms with van der Waals surface area (Å²) in [5.41, 5.74) is -2.35. The summed E-state index contributed by atoms with van der Waals surface area (Å²) in [7, 11) is 0. The van der Waals surface area contributed by atoms with Gasteiger partial charge in [-0.25, -0.2) is 18.3 Å². The zero-order valence-corrected chi connectivity index (χ0v) is 21.4. The van der Waals surface area contributed by atoms with Crippen molar-refractivity contribution < 1.29 is 36.3 Å². The average Bonchev–Trinajstić information content (AvgIpc) is 3.34. The molecule has 6 fully saturated rings. The third kappa shape index (κ3) is 2.60. The number of nitrogens with one attached hydrogen (secondary N) is 2. The van der Waals surface area contributed by atoms with Gasteiger partial charge in [0, 0.05) is 31.0 Å². The molecule has 2 amide bonds. The van der Waals surface area contributed by atoms with Crippen LogP contribution in [0.4, 0.5) is 22.0 Å². The van der Waals surface area contributed by atoms with Gasteiger partial charge in [0.05, 0.1) is 11.8 Å². The molecule has 212 valence electrons. The second-order valence-electron chi connectivity index (χ2n) is 11.9. The number of amides is 2. The lowest BCUT2D eigenvalue weighted by Crippen LogP contribution is -3.11. The maximum Gasteiger partial charge on any atom is 0.419 e. The normalized spacial score (nSPS) is 34.4. The molecular formula is C28H22F5N5O3. The number of Topliss-reactive ketones (excluding diaryl/α,β-unsaturated/α-hetero) is 1. The second-order valence-corrected chi connectivity index (χ2v) is 11.9. The van der Waals surface area contributed by atoms with Crippen molar-refractivity contribution >= 4 is 23.2 Å². The van der Waals surface area contributed by atoms with E-state index in [1.165, 1.54) is 0 Å². The highest BCUT2D eigenvalue weighted by atomic mass is 19.4. The number of alkyl halides is 3. The Hall–Kier alpha value is -3.90. The summed E-state index contributed by atoms with van der Waals surface area (Å²) < 4.78 is 68.1. The van der Waals surface area contributed by atoms with Crippen molar-refractivity contribution in [2.24, 2.45) is 46.3 Å². The van der Waals surface area contributed by atoms with Crippen molar-refractivity contribution in [2.75, 3.05) is 6.54 Å². The molecule has 6 aliphatic carbocycles. The molecule has 3 aromatic rings. The van der Waals surface area contributed by atoms with E-state index in [4.69, 9.17) is 0 Å². The summed E-state index contributed by atoms with van der Waals surface area (Å²) >= 11 is 0. The molecule has 6 saturated carbocycles. The molecule has 0 saturated heterocycles. The molecule has 0 spiro atoms. The van der Waals surface area contributed by atoms with Gasteiger partial charge in [0.15, 0.2) is 11.5 Å². The molecule has 2 aromatic heterocycles. The van der Waals surface area contributed by atoms with Gasteiger partial charge in [-0.05, 0) is 58.6 Å². The lowest BCUT2D eigenvalue weighted by atomic mass is 8.92. The minimum atomic E-state index is -4.91. The highest BCUT2D eigenvalue weighted by Gasteiger charge is 3.10. The summed E-state index contributed by atoms with van der Waals surface area (Å²) in [6.45, 7) is 1.94. The highest BCUT2D eigenvalue weighted by Crippen LogP contribution is 3.10. The van der Waals surface area contributed by atoms with Crippen LogP contribution in [0.1, 0.15) is 45.4 Å². The molecule has 13 heteroatoms. The Morgan fingerprint density at radius 2 is 1.63 bits per heavy atom. The lowest BCUT2D eigenvalue weighted by molar-refractivity contribution is -0.638. The van der Waals surface area contributed by atoms with Crippen LogP contribution in [0.5, 0.6) is 0 Å². The Kier molecular flexibility index (Phi) is 4.54. The number of carbonyl (C=O) groups excluding carboxylic acids is 3. The number of benzene rings is 1. The highest BCUT2D eigenvalue weighted by molar-refractivity contribution is 5.98. The predicted molar refractivity (Wildman–Crippen MR) is 129 cm³/mol. The van der Waals surface area contributed by atoms with E-state index in [2.05, 4.69) is 20.7 Å². The first kappa shape index (κ1) is 24.9. The number of nitrogens with zero attached hydrogens (tertiary/aromatic N) is 3. The van der Waals surface area contributed by atoms with Gasteiger partial charge in [-0.3, -0.25) is 14.4 Å². The van der Waals surface area contributed by atoms with E-state index >= 15 is 0 Å². The van der Waals surface area contributed by atoms with Gasteiger partial charge in [-0.1, -0.05) is 13.0 Å². The van der Waals surface area contributed by atoms with Crippen LogP contribution in [-0.2, 0) is 17.5 Å². The van der Waals surface area contributed by atoms with Crippen molar-refractivity contribution in [3.63, 3.8) is 0 Å². The van der Waals surface area contributed by atoms with Crippen molar-refractivity contribution in [1.82, 2.24) is 25.2 Å². The van der Waals surface area contributed by atoms with E-state index in [1.807, 2.05) is 6.92 Å². The molecule has 41 heavy (non-hydrogen) atoms. The fourth-order valence-electron chi connectivity index (χ4n) is 9.68. The molecular weight excluding hydrogens is 549 g/mol. The number of fused-ring (bicyclic) bond motifs is 1. The summed E-state index contributed by atoms with van der Waals surface area (Å²) in [6.07, 6.45) is -3.49. The van der Waals surface area contributed by atoms with E-state index < -0.39 is 41.7 Å². The Morgan fingerprint density at radius 3 is 2.27 bits per heavy atom. The van der Waals surface area contributed by atoms with Gasteiger partial charge in [0.2, 0.25) is 0 Å². The number of hydrogen-bond donors (Lipinski definition) is 2. The zero-order valence-electron chi connectivity index (χ0n) is 21.4. The van der Waals surface area contributed by atoms with Gasteiger partial charge >= 0.3 is 6.18 Å². The van der Waals surface area contributed by atoms with Gasteiger partial charge in [0.1, 0.15) is 23.0 Å². The monoisotopic (exact) mass is 571 g/mol. The maximum atomic E-state index is 14.4. The van der Waals surface area contributed by atoms with Crippen LogP contribution in [0.2, 0.25) is 0 Å². The van der Waals surface area contributed by atoms with Gasteiger partial charge in [-0.15, -0.1) is 0 Å². The second kappa shape index (κ2) is 7.48. The van der Waals surface area contributed by atoms with E-state index in [0.29, 0.717) is 66.4 Å². The number of halogens is 5. The predicted octanol–water partition coefficient (Wildman–Crippen LogP) is 3.40. The van der Waals surface area contributed by atoms with Crippen LogP contribution in [0.25, 0.3) is 5.65 Å². The van der Waals surface area contributed by atoms with Crippen molar-refractivity contribution in [3.05, 3.63) is 64.6 Å². The Morgan fingerprint density at radius 1 is 0.951 bits per heavy atom. The van der Waals surface area contributed by atoms with E-state index in [-0.39, 0.29) is 33.4 Å². The van der Waals surface area contributed by atoms with Gasteiger partial charge < -0.3 is 10.6 Å². The molecule has 6 aliphatic rings. The third-order valence-corrected chi connectivity index (χ3v) is 10.9. The van der Waals surface area contributed by atoms with E-state index in [0.717, 1.165) is 22.8 Å². The van der Waals surface area contributed by atoms with Crippen molar-refractivity contribution in [1.29, 1.82) is 0 Å². The minimum Gasteiger partial charge on any atom is -0.350 e. The third-order valence-electron chi connectivity index (χ3n) is 10.9. The van der Waals surface area contributed by atoms with Gasteiger partial charge in [-0.2, -0.15) is 18.3 Å².